The highest BCUT2D eigenvalue weighted by atomic mass is 16.5. The number of nitrogens with one attached hydrogen (secondary N) is 1. The first-order chi connectivity index (χ1) is 12.7. The number of likely N-dealkylation sites (tertiary alicyclic amines) is 1. The van der Waals surface area contributed by atoms with Crippen LogP contribution < -0.4 is 5.32 Å². The highest BCUT2D eigenvalue weighted by molar-refractivity contribution is 5.96. The van der Waals surface area contributed by atoms with Crippen molar-refractivity contribution in [2.24, 2.45) is 0 Å². The minimum absolute atomic E-state index is 0.0111. The van der Waals surface area contributed by atoms with Gasteiger partial charge in [-0.1, -0.05) is 32.9 Å². The first-order valence-electron chi connectivity index (χ1n) is 9.52. The third kappa shape index (κ3) is 6.08. The lowest BCUT2D eigenvalue weighted by molar-refractivity contribution is -0.152. The number of nitrogens with zero attached hydrogens (tertiary/aromatic N) is 1. The molecule has 6 heteroatoms. The molecule has 0 aromatic heterocycles. The van der Waals surface area contributed by atoms with Gasteiger partial charge < -0.3 is 15.0 Å². The molecule has 6 nitrogen and oxygen atoms in total. The Labute approximate surface area is 161 Å². The van der Waals surface area contributed by atoms with Gasteiger partial charge in [-0.2, -0.15) is 0 Å². The molecule has 2 rings (SSSR count). The zero-order valence-corrected chi connectivity index (χ0v) is 16.7. The lowest BCUT2D eigenvalue weighted by Crippen LogP contribution is -2.44. The van der Waals surface area contributed by atoms with Gasteiger partial charge in [-0.05, 0) is 49.3 Å². The van der Waals surface area contributed by atoms with E-state index in [1.165, 1.54) is 0 Å². The van der Waals surface area contributed by atoms with E-state index < -0.39 is 5.97 Å². The van der Waals surface area contributed by atoms with E-state index in [2.05, 4.69) is 26.1 Å². The summed E-state index contributed by atoms with van der Waals surface area (Å²) >= 11 is 0. The van der Waals surface area contributed by atoms with Crippen LogP contribution in [-0.2, 0) is 19.7 Å². The maximum absolute atomic E-state index is 12.1. The molecule has 2 amide bonds. The van der Waals surface area contributed by atoms with Gasteiger partial charge in [0.25, 0.3) is 11.8 Å². The normalized spacial score (nSPS) is 17.3. The van der Waals surface area contributed by atoms with Crippen molar-refractivity contribution in [2.45, 2.75) is 58.4 Å². The Hall–Kier alpha value is -2.37. The van der Waals surface area contributed by atoms with Crippen LogP contribution in [0.3, 0.4) is 0 Å². The summed E-state index contributed by atoms with van der Waals surface area (Å²) in [6.07, 6.45) is 3.07. The molecule has 148 valence electrons. The predicted octanol–water partition coefficient (Wildman–Crippen LogP) is 2.66. The number of carbonyl (C=O) groups is 3. The summed E-state index contributed by atoms with van der Waals surface area (Å²) in [6, 6.07) is 7.48. The molecule has 0 radical (unpaired) electrons. The zero-order valence-electron chi connectivity index (χ0n) is 16.7. The second-order valence-electron chi connectivity index (χ2n) is 8.10. The maximum atomic E-state index is 12.1. The van der Waals surface area contributed by atoms with Crippen LogP contribution in [0.15, 0.2) is 24.3 Å². The smallest absolute Gasteiger partial charge is 0.325 e. The van der Waals surface area contributed by atoms with Gasteiger partial charge in [0.2, 0.25) is 0 Å². The number of hydrogen-bond donors (Lipinski definition) is 1. The summed E-state index contributed by atoms with van der Waals surface area (Å²) in [5.74, 6) is -1.14. The molecule has 1 N–H and O–H groups in total. The SMILES string of the molecule is CC1CCCCN1C(=O)COC(=O)CNC(=O)c1ccc(C(C)(C)C)cc1. The third-order valence-corrected chi connectivity index (χ3v) is 4.89. The third-order valence-electron chi connectivity index (χ3n) is 4.89. The van der Waals surface area contributed by atoms with E-state index in [-0.39, 0.29) is 36.4 Å². The monoisotopic (exact) mass is 374 g/mol. The Bertz CT molecular complexity index is 676. The van der Waals surface area contributed by atoms with Gasteiger partial charge >= 0.3 is 5.97 Å². The number of rotatable bonds is 5. The molecule has 0 saturated carbocycles. The standard InChI is InChI=1S/C21H30N2O4/c1-15-7-5-6-12-23(15)18(24)14-27-19(25)13-22-20(26)16-8-10-17(11-9-16)21(2,3)4/h8-11,15H,5-7,12-14H2,1-4H3,(H,22,26). The first kappa shape index (κ1) is 20.9. The van der Waals surface area contributed by atoms with E-state index in [1.807, 2.05) is 19.1 Å². The van der Waals surface area contributed by atoms with Gasteiger partial charge in [0.1, 0.15) is 6.54 Å². The predicted molar refractivity (Wildman–Crippen MR) is 103 cm³/mol. The van der Waals surface area contributed by atoms with Gasteiger partial charge in [-0.25, -0.2) is 0 Å². The van der Waals surface area contributed by atoms with Gasteiger partial charge in [0.15, 0.2) is 6.61 Å². The Morgan fingerprint density at radius 3 is 2.41 bits per heavy atom. The molecule has 1 heterocycles. The number of amides is 2. The summed E-state index contributed by atoms with van der Waals surface area (Å²) in [4.78, 5) is 37.9. The summed E-state index contributed by atoms with van der Waals surface area (Å²) in [7, 11) is 0. The van der Waals surface area contributed by atoms with Crippen LogP contribution in [0.1, 0.15) is 62.9 Å². The number of ether oxygens (including phenoxy) is 1. The van der Waals surface area contributed by atoms with Crippen LogP contribution >= 0.6 is 0 Å². The fourth-order valence-corrected chi connectivity index (χ4v) is 3.12. The summed E-state index contributed by atoms with van der Waals surface area (Å²) in [5.41, 5.74) is 1.62. The van der Waals surface area contributed by atoms with Crippen LogP contribution in [-0.4, -0.2) is 48.4 Å². The lowest BCUT2D eigenvalue weighted by Gasteiger charge is -2.33. The molecule has 0 aliphatic carbocycles. The van der Waals surface area contributed by atoms with Crippen molar-refractivity contribution in [3.8, 4) is 0 Å². The molecule has 1 aromatic carbocycles. The molecule has 1 fully saturated rings. The molecule has 1 atom stereocenters. The highest BCUT2D eigenvalue weighted by Gasteiger charge is 2.24. The Morgan fingerprint density at radius 1 is 1.15 bits per heavy atom. The van der Waals surface area contributed by atoms with Crippen LogP contribution in [0.4, 0.5) is 0 Å². The second-order valence-corrected chi connectivity index (χ2v) is 8.10. The largest absolute Gasteiger partial charge is 0.454 e. The average molecular weight is 374 g/mol. The van der Waals surface area contributed by atoms with E-state index in [1.54, 1.807) is 17.0 Å². The van der Waals surface area contributed by atoms with E-state index in [9.17, 15) is 14.4 Å². The van der Waals surface area contributed by atoms with Crippen molar-refractivity contribution in [3.05, 3.63) is 35.4 Å². The van der Waals surface area contributed by atoms with Gasteiger partial charge in [0, 0.05) is 18.2 Å². The highest BCUT2D eigenvalue weighted by Crippen LogP contribution is 2.22. The number of piperidine rings is 1. The van der Waals surface area contributed by atoms with Crippen molar-refractivity contribution in [3.63, 3.8) is 0 Å². The molecular weight excluding hydrogens is 344 g/mol. The van der Waals surface area contributed by atoms with Crippen molar-refractivity contribution < 1.29 is 19.1 Å². The number of carbonyl (C=O) groups excluding carboxylic acids is 3. The van der Waals surface area contributed by atoms with E-state index in [4.69, 9.17) is 4.74 Å². The fourth-order valence-electron chi connectivity index (χ4n) is 3.12. The van der Waals surface area contributed by atoms with Crippen LogP contribution in [0, 0.1) is 0 Å². The molecule has 0 spiro atoms. The van der Waals surface area contributed by atoms with Gasteiger partial charge in [-0.3, -0.25) is 14.4 Å². The topological polar surface area (TPSA) is 75.7 Å². The Balaban J connectivity index is 1.76. The molecule has 1 unspecified atom stereocenters. The number of benzene rings is 1. The van der Waals surface area contributed by atoms with Crippen molar-refractivity contribution in [1.82, 2.24) is 10.2 Å². The first-order valence-corrected chi connectivity index (χ1v) is 9.52. The summed E-state index contributed by atoms with van der Waals surface area (Å²) in [5, 5.41) is 2.53. The Kier molecular flexibility index (Phi) is 6.99. The maximum Gasteiger partial charge on any atom is 0.325 e. The van der Waals surface area contributed by atoms with E-state index in [0.717, 1.165) is 24.8 Å². The van der Waals surface area contributed by atoms with Gasteiger partial charge in [-0.15, -0.1) is 0 Å². The number of hydrogen-bond acceptors (Lipinski definition) is 4. The van der Waals surface area contributed by atoms with E-state index in [0.29, 0.717) is 12.1 Å². The minimum Gasteiger partial charge on any atom is -0.454 e. The zero-order chi connectivity index (χ0) is 20.0. The quantitative estimate of drug-likeness (QED) is 0.804. The van der Waals surface area contributed by atoms with Crippen LogP contribution in [0.25, 0.3) is 0 Å². The average Bonchev–Trinajstić information content (AvgIpc) is 2.64. The van der Waals surface area contributed by atoms with Crippen molar-refractivity contribution in [2.75, 3.05) is 19.7 Å². The van der Waals surface area contributed by atoms with E-state index >= 15 is 0 Å². The molecule has 27 heavy (non-hydrogen) atoms. The van der Waals surface area contributed by atoms with Crippen LogP contribution in [0.5, 0.6) is 0 Å². The molecule has 1 saturated heterocycles. The number of esters is 1. The lowest BCUT2D eigenvalue weighted by atomic mass is 9.87. The molecule has 1 aliphatic rings. The summed E-state index contributed by atoms with van der Waals surface area (Å²) < 4.78 is 5.01. The summed E-state index contributed by atoms with van der Waals surface area (Å²) in [6.45, 7) is 8.48. The molecular formula is C21H30N2O4. The Morgan fingerprint density at radius 2 is 1.81 bits per heavy atom. The van der Waals surface area contributed by atoms with Gasteiger partial charge in [0.05, 0.1) is 0 Å². The molecule has 1 aromatic rings. The molecule has 1 aliphatic heterocycles. The molecule has 0 bridgehead atoms. The minimum atomic E-state index is -0.618. The fraction of sp³-hybridized carbons (Fsp3) is 0.571. The second kappa shape index (κ2) is 9.02. The van der Waals surface area contributed by atoms with Crippen molar-refractivity contribution >= 4 is 17.8 Å². The van der Waals surface area contributed by atoms with Crippen LogP contribution in [0.2, 0.25) is 0 Å². The van der Waals surface area contributed by atoms with Crippen molar-refractivity contribution in [1.29, 1.82) is 0 Å².